The van der Waals surface area contributed by atoms with Crippen LogP contribution in [0, 0.1) is 0 Å². The minimum Gasteiger partial charge on any atom is -0.497 e. The average Bonchev–Trinajstić information content (AvgIpc) is 2.61. The molecular weight excluding hydrogens is 328 g/mol. The van der Waals surface area contributed by atoms with Gasteiger partial charge in [0, 0.05) is 18.1 Å². The highest BCUT2D eigenvalue weighted by atomic mass is 35.5. The van der Waals surface area contributed by atoms with E-state index in [9.17, 15) is 4.79 Å². The zero-order valence-electron chi connectivity index (χ0n) is 14.2. The van der Waals surface area contributed by atoms with E-state index in [1.165, 1.54) is 0 Å². The van der Waals surface area contributed by atoms with Gasteiger partial charge >= 0.3 is 6.03 Å². The van der Waals surface area contributed by atoms with Crippen LogP contribution in [-0.2, 0) is 0 Å². The first kappa shape index (κ1) is 17.9. The van der Waals surface area contributed by atoms with Gasteiger partial charge in [0.1, 0.15) is 11.5 Å². The molecule has 128 valence electrons. The van der Waals surface area contributed by atoms with Crippen molar-refractivity contribution in [3.05, 3.63) is 53.1 Å². The molecule has 2 aromatic carbocycles. The van der Waals surface area contributed by atoms with Gasteiger partial charge in [-0.15, -0.1) is 0 Å². The summed E-state index contributed by atoms with van der Waals surface area (Å²) in [4.78, 5) is 14.1. The molecule has 0 saturated carbocycles. The number of benzene rings is 2. The maximum Gasteiger partial charge on any atom is 0.322 e. The molecule has 0 aliphatic heterocycles. The Bertz CT molecular complexity index is 704. The summed E-state index contributed by atoms with van der Waals surface area (Å²) < 4.78 is 10.5. The maximum atomic E-state index is 12.5. The fraction of sp³-hybridized carbons (Fsp3) is 0.278. The Morgan fingerprint density at radius 3 is 2.38 bits per heavy atom. The van der Waals surface area contributed by atoms with Crippen molar-refractivity contribution >= 4 is 23.3 Å². The van der Waals surface area contributed by atoms with Gasteiger partial charge < -0.3 is 19.7 Å². The van der Waals surface area contributed by atoms with Crippen molar-refractivity contribution in [1.82, 2.24) is 4.90 Å². The lowest BCUT2D eigenvalue weighted by molar-refractivity contribution is 0.208. The van der Waals surface area contributed by atoms with Crippen LogP contribution in [0.3, 0.4) is 0 Å². The predicted molar refractivity (Wildman–Crippen MR) is 96.2 cm³/mol. The molecular formula is C18H21ClN2O3. The molecule has 5 nitrogen and oxygen atoms in total. The highest BCUT2D eigenvalue weighted by Crippen LogP contribution is 2.30. The second-order valence-corrected chi connectivity index (χ2v) is 5.77. The van der Waals surface area contributed by atoms with Crippen LogP contribution in [0.15, 0.2) is 42.5 Å². The molecule has 0 bridgehead atoms. The number of rotatable bonds is 5. The molecule has 2 aromatic rings. The number of urea groups is 1. The SMILES string of the molecule is COc1ccc(NC(=O)N(C)[C@H](C)c2ccc(Cl)cc2)c(OC)c1. The smallest absolute Gasteiger partial charge is 0.322 e. The summed E-state index contributed by atoms with van der Waals surface area (Å²) in [7, 11) is 4.86. The summed E-state index contributed by atoms with van der Waals surface area (Å²) in [6.45, 7) is 1.95. The Hall–Kier alpha value is -2.40. The molecule has 0 aliphatic rings. The highest BCUT2D eigenvalue weighted by Gasteiger charge is 2.19. The van der Waals surface area contributed by atoms with Crippen LogP contribution >= 0.6 is 11.6 Å². The van der Waals surface area contributed by atoms with Crippen LogP contribution < -0.4 is 14.8 Å². The van der Waals surface area contributed by atoms with Gasteiger partial charge in [-0.2, -0.15) is 0 Å². The van der Waals surface area contributed by atoms with Crippen LogP contribution in [0.4, 0.5) is 10.5 Å². The molecule has 0 heterocycles. The summed E-state index contributed by atoms with van der Waals surface area (Å²) in [5.74, 6) is 1.20. The molecule has 2 amide bonds. The Balaban J connectivity index is 2.12. The number of carbonyl (C=O) groups excluding carboxylic acids is 1. The van der Waals surface area contributed by atoms with Gasteiger partial charge in [0.2, 0.25) is 0 Å². The maximum absolute atomic E-state index is 12.5. The van der Waals surface area contributed by atoms with Crippen molar-refractivity contribution in [3.63, 3.8) is 0 Å². The number of nitrogens with one attached hydrogen (secondary N) is 1. The van der Waals surface area contributed by atoms with Crippen LogP contribution in [-0.4, -0.2) is 32.2 Å². The van der Waals surface area contributed by atoms with E-state index in [1.54, 1.807) is 44.4 Å². The van der Waals surface area contributed by atoms with Gasteiger partial charge in [-0.1, -0.05) is 23.7 Å². The highest BCUT2D eigenvalue weighted by molar-refractivity contribution is 6.30. The number of hydrogen-bond acceptors (Lipinski definition) is 3. The number of hydrogen-bond donors (Lipinski definition) is 1. The first-order chi connectivity index (χ1) is 11.5. The van der Waals surface area contributed by atoms with E-state index in [1.807, 2.05) is 31.2 Å². The van der Waals surface area contributed by atoms with Crippen molar-refractivity contribution in [1.29, 1.82) is 0 Å². The zero-order valence-corrected chi connectivity index (χ0v) is 14.9. The fourth-order valence-corrected chi connectivity index (χ4v) is 2.37. The Kier molecular flexibility index (Phi) is 5.93. The van der Waals surface area contributed by atoms with Gasteiger partial charge in [-0.25, -0.2) is 4.79 Å². The summed E-state index contributed by atoms with van der Waals surface area (Å²) in [6.07, 6.45) is 0. The third-order valence-electron chi connectivity index (χ3n) is 3.90. The topological polar surface area (TPSA) is 50.8 Å². The van der Waals surface area contributed by atoms with E-state index in [2.05, 4.69) is 5.32 Å². The fourth-order valence-electron chi connectivity index (χ4n) is 2.25. The number of anilines is 1. The van der Waals surface area contributed by atoms with E-state index in [4.69, 9.17) is 21.1 Å². The molecule has 0 aliphatic carbocycles. The lowest BCUT2D eigenvalue weighted by atomic mass is 10.1. The van der Waals surface area contributed by atoms with Crippen LogP contribution in [0.25, 0.3) is 0 Å². The quantitative estimate of drug-likeness (QED) is 0.860. The lowest BCUT2D eigenvalue weighted by Gasteiger charge is -2.26. The molecule has 1 atom stereocenters. The molecule has 0 radical (unpaired) electrons. The first-order valence-corrected chi connectivity index (χ1v) is 7.85. The third-order valence-corrected chi connectivity index (χ3v) is 4.16. The molecule has 2 rings (SSSR count). The molecule has 0 saturated heterocycles. The second-order valence-electron chi connectivity index (χ2n) is 5.33. The lowest BCUT2D eigenvalue weighted by Crippen LogP contribution is -2.33. The van der Waals surface area contributed by atoms with Crippen molar-refractivity contribution < 1.29 is 14.3 Å². The third kappa shape index (κ3) is 4.11. The number of nitrogens with zero attached hydrogens (tertiary/aromatic N) is 1. The molecule has 0 spiro atoms. The Morgan fingerprint density at radius 2 is 1.79 bits per heavy atom. The predicted octanol–water partition coefficient (Wildman–Crippen LogP) is 4.58. The van der Waals surface area contributed by atoms with Crippen LogP contribution in [0.1, 0.15) is 18.5 Å². The van der Waals surface area contributed by atoms with Crippen LogP contribution in [0.5, 0.6) is 11.5 Å². The molecule has 24 heavy (non-hydrogen) atoms. The van der Waals surface area contributed by atoms with E-state index in [0.717, 1.165) is 5.56 Å². The number of carbonyl (C=O) groups is 1. The van der Waals surface area contributed by atoms with Gasteiger partial charge in [0.25, 0.3) is 0 Å². The number of ether oxygens (including phenoxy) is 2. The van der Waals surface area contributed by atoms with Gasteiger partial charge in [-0.3, -0.25) is 0 Å². The van der Waals surface area contributed by atoms with Gasteiger partial charge in [-0.05, 0) is 36.8 Å². The normalized spacial score (nSPS) is 11.5. The van der Waals surface area contributed by atoms with Crippen molar-refractivity contribution in [2.75, 3.05) is 26.6 Å². The molecule has 1 N–H and O–H groups in total. The van der Waals surface area contributed by atoms with Crippen molar-refractivity contribution in [2.45, 2.75) is 13.0 Å². The number of halogens is 1. The van der Waals surface area contributed by atoms with Crippen LogP contribution in [0.2, 0.25) is 5.02 Å². The van der Waals surface area contributed by atoms with E-state index in [0.29, 0.717) is 22.2 Å². The summed E-state index contributed by atoms with van der Waals surface area (Å²) in [6, 6.07) is 12.3. The molecule has 6 heteroatoms. The van der Waals surface area contributed by atoms with Gasteiger partial charge in [0.05, 0.1) is 25.9 Å². The second kappa shape index (κ2) is 7.93. The largest absolute Gasteiger partial charge is 0.497 e. The Labute approximate surface area is 147 Å². The average molecular weight is 349 g/mol. The molecule has 0 fully saturated rings. The summed E-state index contributed by atoms with van der Waals surface area (Å²) in [5.41, 5.74) is 1.58. The van der Waals surface area contributed by atoms with Crippen molar-refractivity contribution in [3.8, 4) is 11.5 Å². The summed E-state index contributed by atoms with van der Waals surface area (Å²) in [5, 5.41) is 3.52. The monoisotopic (exact) mass is 348 g/mol. The molecule has 0 aromatic heterocycles. The first-order valence-electron chi connectivity index (χ1n) is 7.47. The standard InChI is InChI=1S/C18H21ClN2O3/c1-12(13-5-7-14(19)8-6-13)21(2)18(22)20-16-10-9-15(23-3)11-17(16)24-4/h5-12H,1-4H3,(H,20,22)/t12-/m1/s1. The minimum atomic E-state index is -0.235. The zero-order chi connectivity index (χ0) is 17.7. The van der Waals surface area contributed by atoms with Gasteiger partial charge in [0.15, 0.2) is 0 Å². The van der Waals surface area contributed by atoms with E-state index < -0.39 is 0 Å². The van der Waals surface area contributed by atoms with E-state index in [-0.39, 0.29) is 12.1 Å². The van der Waals surface area contributed by atoms with E-state index >= 15 is 0 Å². The minimum absolute atomic E-state index is 0.105. The Morgan fingerprint density at radius 1 is 1.12 bits per heavy atom. The summed E-state index contributed by atoms with van der Waals surface area (Å²) >= 11 is 5.91. The number of amides is 2. The molecule has 0 unspecified atom stereocenters. The van der Waals surface area contributed by atoms with Crippen molar-refractivity contribution in [2.24, 2.45) is 0 Å². The number of methoxy groups -OCH3 is 2.